The lowest BCUT2D eigenvalue weighted by Crippen LogP contribution is -2.28. The molecule has 2 heteroatoms. The van der Waals surface area contributed by atoms with E-state index in [0.717, 1.165) is 48.1 Å². The second-order valence-corrected chi connectivity index (χ2v) is 23.7. The molecule has 2 aromatic carbocycles. The monoisotopic (exact) mass is 925 g/mol. The molecule has 0 unspecified atom stereocenters. The van der Waals surface area contributed by atoms with Gasteiger partial charge in [-0.1, -0.05) is 264 Å². The molecule has 0 saturated heterocycles. The van der Waals surface area contributed by atoms with E-state index in [2.05, 4.69) is 169 Å². The number of nitrogen functional groups attached to an aromatic ring is 1. The summed E-state index contributed by atoms with van der Waals surface area (Å²) in [7, 11) is 0. The van der Waals surface area contributed by atoms with Crippen LogP contribution >= 0.6 is 0 Å². The molecule has 1 aliphatic rings. The molecule has 2 aromatic rings. The van der Waals surface area contributed by atoms with Crippen LogP contribution in [0.3, 0.4) is 0 Å². The van der Waals surface area contributed by atoms with Crippen LogP contribution in [0.2, 0.25) is 0 Å². The Morgan fingerprint density at radius 1 is 0.691 bits per heavy atom. The molecule has 0 heterocycles. The predicted octanol–water partition coefficient (Wildman–Crippen LogP) is 21.0. The molecule has 0 bridgehead atoms. The minimum atomic E-state index is 0.0384. The third-order valence-electron chi connectivity index (χ3n) is 15.9. The molecule has 4 N–H and O–H groups in total. The number of nitrogens with two attached hydrogens (primary N) is 2. The van der Waals surface area contributed by atoms with Gasteiger partial charge in [-0.3, -0.25) is 0 Å². The van der Waals surface area contributed by atoms with Crippen molar-refractivity contribution in [3.05, 3.63) is 118 Å². The van der Waals surface area contributed by atoms with Gasteiger partial charge in [0.25, 0.3) is 0 Å². The van der Waals surface area contributed by atoms with Crippen LogP contribution in [0, 0.1) is 16.2 Å². The average Bonchev–Trinajstić information content (AvgIpc) is 3.34. The maximum Gasteiger partial charge on any atom is 0.0488 e. The Labute approximate surface area is 421 Å². The van der Waals surface area contributed by atoms with Crippen LogP contribution in [0.15, 0.2) is 84.5 Å². The lowest BCUT2D eigenvalue weighted by atomic mass is 9.67. The SMILES string of the molecule is C=C1/C=C\C(C(C)(C)C)=C/CC(CCCCCCCC)(CCCCCCCC)c2cc(/C=C/C=C(\N)c3ccc(/C(C)=C/CC(C)(C)C(C)(C)C)c(/C=C(/CCCC)CCCCC)c3N)ccc21. The van der Waals surface area contributed by atoms with Crippen LogP contribution in [0.1, 0.15) is 271 Å². The number of benzene rings is 2. The average molecular weight is 926 g/mol. The summed E-state index contributed by atoms with van der Waals surface area (Å²) in [6, 6.07) is 11.6. The van der Waals surface area contributed by atoms with Crippen molar-refractivity contribution in [2.45, 2.75) is 243 Å². The largest absolute Gasteiger partial charge is 0.398 e. The summed E-state index contributed by atoms with van der Waals surface area (Å²) in [4.78, 5) is 0. The van der Waals surface area contributed by atoms with E-state index in [1.54, 1.807) is 0 Å². The fourth-order valence-corrected chi connectivity index (χ4v) is 9.83. The van der Waals surface area contributed by atoms with Gasteiger partial charge in [0.1, 0.15) is 0 Å². The van der Waals surface area contributed by atoms with Gasteiger partial charge in [0.05, 0.1) is 0 Å². The molecular formula is C66H104N2. The summed E-state index contributed by atoms with van der Waals surface area (Å²) in [5.41, 5.74) is 28.8. The molecule has 378 valence electrons. The zero-order valence-corrected chi connectivity index (χ0v) is 46.6. The normalized spacial score (nSPS) is 16.6. The minimum Gasteiger partial charge on any atom is -0.398 e. The third-order valence-corrected chi connectivity index (χ3v) is 15.9. The Morgan fingerprint density at radius 3 is 1.84 bits per heavy atom. The van der Waals surface area contributed by atoms with Gasteiger partial charge < -0.3 is 11.5 Å². The van der Waals surface area contributed by atoms with E-state index in [0.29, 0.717) is 5.70 Å². The van der Waals surface area contributed by atoms with Gasteiger partial charge in [0, 0.05) is 22.5 Å². The summed E-state index contributed by atoms with van der Waals surface area (Å²) >= 11 is 0. The minimum absolute atomic E-state index is 0.0384. The first-order valence-electron chi connectivity index (χ1n) is 27.9. The lowest BCUT2D eigenvalue weighted by Gasteiger charge is -2.38. The number of hydrogen-bond acceptors (Lipinski definition) is 2. The number of allylic oxidation sites excluding steroid dienone is 10. The van der Waals surface area contributed by atoms with E-state index < -0.39 is 0 Å². The third kappa shape index (κ3) is 18.2. The second kappa shape index (κ2) is 28.8. The summed E-state index contributed by atoms with van der Waals surface area (Å²) in [6.45, 7) is 35.1. The van der Waals surface area contributed by atoms with Gasteiger partial charge in [0.15, 0.2) is 0 Å². The standard InChI is InChI=1S/C66H104N2/c1-15-19-23-25-27-30-45-66(46-31-28-26-24-20-16-2)48-44-55(63(7,8)9)39-37-51(5)57-40-38-54(50-60(57)66)35-32-36-61(67)58-42-41-56(52(6)43-47-65(13,14)64(10,11)12)59(62(58)68)49-53(33-22-18-4)34-29-21-17-3/h32,35-44,49-50H,5,15-31,33-34,45-48,67-68H2,1-4,6-14H3/b35-32+,39-37-,52-43+,53-49-,55-44+,61-36-. The highest BCUT2D eigenvalue weighted by Crippen LogP contribution is 2.46. The summed E-state index contributed by atoms with van der Waals surface area (Å²) in [5, 5.41) is 0. The Balaban J connectivity index is 2.18. The van der Waals surface area contributed by atoms with Crippen molar-refractivity contribution in [2.75, 3.05) is 5.73 Å². The second-order valence-electron chi connectivity index (χ2n) is 23.7. The van der Waals surface area contributed by atoms with Crippen molar-refractivity contribution in [1.29, 1.82) is 0 Å². The van der Waals surface area contributed by atoms with Crippen molar-refractivity contribution < 1.29 is 0 Å². The molecule has 0 aromatic heterocycles. The Kier molecular flexibility index (Phi) is 24.8. The molecule has 0 atom stereocenters. The van der Waals surface area contributed by atoms with Gasteiger partial charge in [0.2, 0.25) is 0 Å². The van der Waals surface area contributed by atoms with E-state index >= 15 is 0 Å². The van der Waals surface area contributed by atoms with Gasteiger partial charge >= 0.3 is 0 Å². The first-order valence-corrected chi connectivity index (χ1v) is 27.9. The van der Waals surface area contributed by atoms with Crippen molar-refractivity contribution >= 4 is 34.7 Å². The zero-order valence-electron chi connectivity index (χ0n) is 46.6. The molecule has 2 nitrogen and oxygen atoms in total. The first-order chi connectivity index (χ1) is 32.2. The molecule has 0 fully saturated rings. The quantitative estimate of drug-likeness (QED) is 0.0508. The topological polar surface area (TPSA) is 52.0 Å². The summed E-state index contributed by atoms with van der Waals surface area (Å²) in [5.74, 6) is 0. The molecule has 0 aliphatic heterocycles. The van der Waals surface area contributed by atoms with E-state index in [1.807, 2.05) is 0 Å². The molecule has 68 heavy (non-hydrogen) atoms. The van der Waals surface area contributed by atoms with Crippen LogP contribution in [0.5, 0.6) is 0 Å². The van der Waals surface area contributed by atoms with Crippen molar-refractivity contribution in [2.24, 2.45) is 22.0 Å². The molecule has 3 rings (SSSR count). The molecular weight excluding hydrogens is 821 g/mol. The molecule has 0 saturated carbocycles. The summed E-state index contributed by atoms with van der Waals surface area (Å²) in [6.07, 6.45) is 47.0. The van der Waals surface area contributed by atoms with Crippen LogP contribution in [-0.2, 0) is 5.41 Å². The first kappa shape index (κ1) is 58.5. The molecule has 0 spiro atoms. The fourth-order valence-electron chi connectivity index (χ4n) is 9.83. The van der Waals surface area contributed by atoms with Crippen LogP contribution in [0.4, 0.5) is 5.69 Å². The lowest BCUT2D eigenvalue weighted by molar-refractivity contribution is 0.136. The smallest absolute Gasteiger partial charge is 0.0488 e. The van der Waals surface area contributed by atoms with Crippen LogP contribution < -0.4 is 11.5 Å². The Hall–Kier alpha value is -3.78. The number of hydrogen-bond donors (Lipinski definition) is 2. The van der Waals surface area contributed by atoms with Crippen LogP contribution in [0.25, 0.3) is 29.0 Å². The van der Waals surface area contributed by atoms with E-state index in [9.17, 15) is 0 Å². The van der Waals surface area contributed by atoms with Gasteiger partial charge in [-0.05, 0) is 125 Å². The zero-order chi connectivity index (χ0) is 50.4. The highest BCUT2D eigenvalue weighted by Gasteiger charge is 2.35. The fraction of sp³-hybridized carbons (Fsp3) is 0.606. The number of rotatable bonds is 28. The van der Waals surface area contributed by atoms with E-state index in [4.69, 9.17) is 18.0 Å². The predicted molar refractivity (Wildman–Crippen MR) is 310 cm³/mol. The van der Waals surface area contributed by atoms with Crippen LogP contribution in [-0.4, -0.2) is 0 Å². The van der Waals surface area contributed by atoms with Crippen molar-refractivity contribution in [3.8, 4) is 0 Å². The maximum atomic E-state index is 7.30. The highest BCUT2D eigenvalue weighted by molar-refractivity contribution is 5.87. The Morgan fingerprint density at radius 2 is 1.25 bits per heavy atom. The number of fused-ring (bicyclic) bond motifs is 1. The summed E-state index contributed by atoms with van der Waals surface area (Å²) < 4.78 is 0. The van der Waals surface area contributed by atoms with E-state index in [1.165, 1.54) is 161 Å². The van der Waals surface area contributed by atoms with E-state index in [-0.39, 0.29) is 21.7 Å². The van der Waals surface area contributed by atoms with Gasteiger partial charge in [-0.2, -0.15) is 0 Å². The van der Waals surface area contributed by atoms with Crippen molar-refractivity contribution in [1.82, 2.24) is 0 Å². The van der Waals surface area contributed by atoms with Gasteiger partial charge in [-0.15, -0.1) is 0 Å². The number of anilines is 1. The Bertz CT molecular complexity index is 2020. The maximum absolute atomic E-state index is 7.30. The van der Waals surface area contributed by atoms with Crippen molar-refractivity contribution in [3.63, 3.8) is 0 Å². The highest BCUT2D eigenvalue weighted by atomic mass is 14.6. The van der Waals surface area contributed by atoms with Gasteiger partial charge in [-0.25, -0.2) is 0 Å². The molecule has 1 aliphatic carbocycles. The molecule has 0 radical (unpaired) electrons. The molecule has 0 amide bonds. The number of unbranched alkanes of at least 4 members (excludes halogenated alkanes) is 13.